The zero-order chi connectivity index (χ0) is 15.2. The SMILES string of the molecule is CCNC(=NCCC(=O)N(C)C)N1CC2CCCCC2C1.I. The van der Waals surface area contributed by atoms with E-state index < -0.39 is 0 Å². The van der Waals surface area contributed by atoms with Gasteiger partial charge in [-0.25, -0.2) is 0 Å². The van der Waals surface area contributed by atoms with E-state index >= 15 is 0 Å². The van der Waals surface area contributed by atoms with Crippen LogP contribution in [0.5, 0.6) is 0 Å². The van der Waals surface area contributed by atoms with Crippen LogP contribution in [0.15, 0.2) is 4.99 Å². The minimum Gasteiger partial charge on any atom is -0.357 e. The van der Waals surface area contributed by atoms with Crippen molar-refractivity contribution in [2.24, 2.45) is 16.8 Å². The number of carbonyl (C=O) groups is 1. The number of rotatable bonds is 4. The molecule has 1 saturated carbocycles. The molecule has 2 fully saturated rings. The summed E-state index contributed by atoms with van der Waals surface area (Å²) >= 11 is 0. The molecule has 0 aromatic carbocycles. The lowest BCUT2D eigenvalue weighted by atomic mass is 9.82. The summed E-state index contributed by atoms with van der Waals surface area (Å²) in [5, 5.41) is 3.39. The maximum absolute atomic E-state index is 11.6. The van der Waals surface area contributed by atoms with Gasteiger partial charge in [-0.05, 0) is 31.6 Å². The van der Waals surface area contributed by atoms with Crippen LogP contribution in [-0.2, 0) is 4.79 Å². The van der Waals surface area contributed by atoms with Crippen LogP contribution in [-0.4, -0.2) is 61.9 Å². The quantitative estimate of drug-likeness (QED) is 0.429. The molecule has 22 heavy (non-hydrogen) atoms. The van der Waals surface area contributed by atoms with E-state index in [0.717, 1.165) is 37.4 Å². The molecule has 1 aliphatic carbocycles. The maximum Gasteiger partial charge on any atom is 0.223 e. The minimum absolute atomic E-state index is 0. The third-order valence-electron chi connectivity index (χ3n) is 4.70. The Bertz CT molecular complexity index is 372. The lowest BCUT2D eigenvalue weighted by Crippen LogP contribution is -2.40. The number of hydrogen-bond acceptors (Lipinski definition) is 2. The predicted molar refractivity (Wildman–Crippen MR) is 102 cm³/mol. The van der Waals surface area contributed by atoms with E-state index in [-0.39, 0.29) is 29.9 Å². The van der Waals surface area contributed by atoms with Gasteiger partial charge in [-0.3, -0.25) is 9.79 Å². The van der Waals surface area contributed by atoms with Crippen molar-refractivity contribution in [3.05, 3.63) is 0 Å². The van der Waals surface area contributed by atoms with Crippen molar-refractivity contribution in [2.75, 3.05) is 40.3 Å². The predicted octanol–water partition coefficient (Wildman–Crippen LogP) is 2.17. The van der Waals surface area contributed by atoms with Crippen LogP contribution in [0.2, 0.25) is 0 Å². The first kappa shape index (κ1) is 19.5. The highest BCUT2D eigenvalue weighted by atomic mass is 127. The number of halogens is 1. The summed E-state index contributed by atoms with van der Waals surface area (Å²) in [5.41, 5.74) is 0. The van der Waals surface area contributed by atoms with Crippen molar-refractivity contribution >= 4 is 35.8 Å². The van der Waals surface area contributed by atoms with Gasteiger partial charge in [0.2, 0.25) is 5.91 Å². The topological polar surface area (TPSA) is 47.9 Å². The molecule has 0 spiro atoms. The van der Waals surface area contributed by atoms with Crippen LogP contribution < -0.4 is 5.32 Å². The molecule has 6 heteroatoms. The zero-order valence-electron chi connectivity index (χ0n) is 14.2. The van der Waals surface area contributed by atoms with Gasteiger partial charge in [0.15, 0.2) is 5.96 Å². The van der Waals surface area contributed by atoms with Crippen molar-refractivity contribution < 1.29 is 4.79 Å². The lowest BCUT2D eigenvalue weighted by Gasteiger charge is -2.22. The maximum atomic E-state index is 11.6. The highest BCUT2D eigenvalue weighted by molar-refractivity contribution is 14.0. The fourth-order valence-corrected chi connectivity index (χ4v) is 3.49. The van der Waals surface area contributed by atoms with E-state index in [1.54, 1.807) is 19.0 Å². The summed E-state index contributed by atoms with van der Waals surface area (Å²) in [6.07, 6.45) is 6.02. The van der Waals surface area contributed by atoms with E-state index in [1.165, 1.54) is 25.7 Å². The number of likely N-dealkylation sites (tertiary alicyclic amines) is 1. The Kier molecular flexibility index (Phi) is 8.49. The van der Waals surface area contributed by atoms with Gasteiger partial charge in [-0.2, -0.15) is 0 Å². The minimum atomic E-state index is 0. The van der Waals surface area contributed by atoms with Crippen molar-refractivity contribution in [1.82, 2.24) is 15.1 Å². The van der Waals surface area contributed by atoms with Crippen LogP contribution in [0.3, 0.4) is 0 Å². The molecule has 2 aliphatic rings. The van der Waals surface area contributed by atoms with Gasteiger partial charge in [0, 0.05) is 40.2 Å². The van der Waals surface area contributed by atoms with Crippen LogP contribution >= 0.6 is 24.0 Å². The van der Waals surface area contributed by atoms with E-state index in [0.29, 0.717) is 13.0 Å². The summed E-state index contributed by atoms with van der Waals surface area (Å²) < 4.78 is 0. The molecule has 0 aromatic heterocycles. The molecule has 2 atom stereocenters. The summed E-state index contributed by atoms with van der Waals surface area (Å²) in [5.74, 6) is 2.85. The van der Waals surface area contributed by atoms with E-state index in [2.05, 4.69) is 22.1 Å². The first-order valence-electron chi connectivity index (χ1n) is 8.35. The number of aliphatic imine (C=N–C) groups is 1. The number of carbonyl (C=O) groups excluding carboxylic acids is 1. The van der Waals surface area contributed by atoms with Gasteiger partial charge >= 0.3 is 0 Å². The van der Waals surface area contributed by atoms with Gasteiger partial charge in [-0.1, -0.05) is 12.8 Å². The molecule has 1 saturated heterocycles. The fraction of sp³-hybridized carbons (Fsp3) is 0.875. The molecule has 1 heterocycles. The Balaban J connectivity index is 0.00000242. The number of nitrogens with one attached hydrogen (secondary N) is 1. The lowest BCUT2D eigenvalue weighted by molar-refractivity contribution is -0.128. The molecule has 2 rings (SSSR count). The second-order valence-corrected chi connectivity index (χ2v) is 6.48. The highest BCUT2D eigenvalue weighted by Crippen LogP contribution is 2.35. The second kappa shape index (κ2) is 9.57. The smallest absolute Gasteiger partial charge is 0.223 e. The number of amides is 1. The average molecular weight is 422 g/mol. The van der Waals surface area contributed by atoms with Crippen LogP contribution in [0.4, 0.5) is 0 Å². The average Bonchev–Trinajstić information content (AvgIpc) is 2.89. The van der Waals surface area contributed by atoms with E-state index in [4.69, 9.17) is 0 Å². The highest BCUT2D eigenvalue weighted by Gasteiger charge is 2.35. The molecular formula is C16H31IN4O. The van der Waals surface area contributed by atoms with Crippen molar-refractivity contribution in [3.63, 3.8) is 0 Å². The Morgan fingerprint density at radius 3 is 2.32 bits per heavy atom. The molecule has 5 nitrogen and oxygen atoms in total. The zero-order valence-corrected chi connectivity index (χ0v) is 16.5. The number of nitrogens with zero attached hydrogens (tertiary/aromatic N) is 3. The Morgan fingerprint density at radius 2 is 1.82 bits per heavy atom. The van der Waals surface area contributed by atoms with Gasteiger partial charge in [0.05, 0.1) is 6.54 Å². The number of fused-ring (bicyclic) bond motifs is 1. The molecule has 0 bridgehead atoms. The van der Waals surface area contributed by atoms with E-state index in [9.17, 15) is 4.79 Å². The molecule has 2 unspecified atom stereocenters. The van der Waals surface area contributed by atoms with E-state index in [1.807, 2.05) is 0 Å². The monoisotopic (exact) mass is 422 g/mol. The molecule has 0 aromatic rings. The third kappa shape index (κ3) is 5.28. The largest absolute Gasteiger partial charge is 0.357 e. The Morgan fingerprint density at radius 1 is 1.23 bits per heavy atom. The summed E-state index contributed by atoms with van der Waals surface area (Å²) in [7, 11) is 3.59. The first-order chi connectivity index (χ1) is 10.1. The van der Waals surface area contributed by atoms with Crippen molar-refractivity contribution in [2.45, 2.75) is 39.0 Å². The van der Waals surface area contributed by atoms with Crippen LogP contribution in [0, 0.1) is 11.8 Å². The first-order valence-corrected chi connectivity index (χ1v) is 8.35. The third-order valence-corrected chi connectivity index (χ3v) is 4.70. The number of guanidine groups is 1. The standard InChI is InChI=1S/C16H30N4O.HI/c1-4-17-16(18-10-9-15(21)19(2)3)20-11-13-7-5-6-8-14(13)12-20;/h13-14H,4-12H2,1-3H3,(H,17,18);1H. The van der Waals surface area contributed by atoms with Gasteiger partial charge < -0.3 is 15.1 Å². The van der Waals surface area contributed by atoms with Gasteiger partial charge in [0.1, 0.15) is 0 Å². The molecule has 1 amide bonds. The molecule has 0 radical (unpaired) electrons. The molecule has 1 aliphatic heterocycles. The summed E-state index contributed by atoms with van der Waals surface area (Å²) in [6, 6.07) is 0. The Labute approximate surface area is 151 Å². The summed E-state index contributed by atoms with van der Waals surface area (Å²) in [4.78, 5) is 20.3. The van der Waals surface area contributed by atoms with Crippen LogP contribution in [0.25, 0.3) is 0 Å². The van der Waals surface area contributed by atoms with Crippen molar-refractivity contribution in [3.8, 4) is 0 Å². The summed E-state index contributed by atoms with van der Waals surface area (Å²) in [6.45, 7) is 5.83. The van der Waals surface area contributed by atoms with Gasteiger partial charge in [-0.15, -0.1) is 24.0 Å². The van der Waals surface area contributed by atoms with Gasteiger partial charge in [0.25, 0.3) is 0 Å². The molecular weight excluding hydrogens is 391 g/mol. The fourth-order valence-electron chi connectivity index (χ4n) is 3.49. The second-order valence-electron chi connectivity index (χ2n) is 6.48. The molecule has 1 N–H and O–H groups in total. The Hall–Kier alpha value is -0.530. The number of hydrogen-bond donors (Lipinski definition) is 1. The molecule has 128 valence electrons. The van der Waals surface area contributed by atoms with Crippen molar-refractivity contribution in [1.29, 1.82) is 0 Å². The van der Waals surface area contributed by atoms with Crippen LogP contribution in [0.1, 0.15) is 39.0 Å². The normalized spacial score (nSPS) is 24.5.